The maximum absolute atomic E-state index is 12.9. The Balaban J connectivity index is 0.00000208. The topological polar surface area (TPSA) is 102 Å². The Morgan fingerprint density at radius 1 is 1.46 bits per heavy atom. The van der Waals surface area contributed by atoms with Crippen LogP contribution in [0, 0.1) is 5.41 Å². The lowest BCUT2D eigenvalue weighted by Gasteiger charge is -2.41. The van der Waals surface area contributed by atoms with Crippen LogP contribution in [-0.2, 0) is 16.4 Å². The number of nitrogens with zero attached hydrogens (tertiary/aromatic N) is 3. The Hall–Kier alpha value is -1.22. The van der Waals surface area contributed by atoms with Gasteiger partial charge in [-0.15, -0.1) is 12.4 Å². The zero-order valence-electron chi connectivity index (χ0n) is 14.0. The number of fused-ring (bicyclic) bond motifs is 1. The summed E-state index contributed by atoms with van der Waals surface area (Å²) >= 11 is 0. The summed E-state index contributed by atoms with van der Waals surface area (Å²) in [7, 11) is -3.61. The summed E-state index contributed by atoms with van der Waals surface area (Å²) in [6.45, 7) is 6.76. The van der Waals surface area contributed by atoms with Gasteiger partial charge in [-0.3, -0.25) is 0 Å². The van der Waals surface area contributed by atoms with Crippen LogP contribution < -0.4 is 5.73 Å². The Morgan fingerprint density at radius 3 is 2.79 bits per heavy atom. The molecule has 1 aliphatic heterocycles. The fourth-order valence-corrected chi connectivity index (χ4v) is 4.53. The smallest absolute Gasteiger partial charge is 0.258 e. The van der Waals surface area contributed by atoms with Crippen LogP contribution in [-0.4, -0.2) is 42.0 Å². The zero-order valence-corrected chi connectivity index (χ0v) is 15.7. The number of piperidine rings is 1. The molecular weight excluding hydrogens is 352 g/mol. The second kappa shape index (κ2) is 6.59. The lowest BCUT2D eigenvalue weighted by molar-refractivity contribution is 0.155. The molecule has 7 nitrogen and oxygen atoms in total. The number of aromatic nitrogens is 2. The molecule has 9 heteroatoms. The van der Waals surface area contributed by atoms with Crippen molar-refractivity contribution in [2.75, 3.05) is 13.1 Å². The predicted octanol–water partition coefficient (Wildman–Crippen LogP) is 1.95. The predicted molar refractivity (Wildman–Crippen MR) is 93.6 cm³/mol. The molecule has 2 aromatic heterocycles. The molecule has 1 aliphatic rings. The van der Waals surface area contributed by atoms with E-state index in [1.165, 1.54) is 10.5 Å². The maximum Gasteiger partial charge on any atom is 0.258 e. The van der Waals surface area contributed by atoms with Gasteiger partial charge in [-0.05, 0) is 24.3 Å². The monoisotopic (exact) mass is 374 g/mol. The molecule has 1 atom stereocenters. The van der Waals surface area contributed by atoms with E-state index in [0.29, 0.717) is 42.7 Å². The highest BCUT2D eigenvalue weighted by atomic mass is 35.5. The van der Waals surface area contributed by atoms with E-state index in [9.17, 15) is 8.42 Å². The van der Waals surface area contributed by atoms with Crippen LogP contribution in [0.5, 0.6) is 0 Å². The van der Waals surface area contributed by atoms with Crippen LogP contribution in [0.2, 0.25) is 0 Å². The molecule has 3 rings (SSSR count). The van der Waals surface area contributed by atoms with Crippen molar-refractivity contribution in [2.45, 2.75) is 44.6 Å². The molecular formula is C15H23ClN4O3S. The van der Waals surface area contributed by atoms with Crippen LogP contribution in [0.25, 0.3) is 11.1 Å². The normalized spacial score (nSPS) is 21.6. The van der Waals surface area contributed by atoms with Gasteiger partial charge < -0.3 is 10.3 Å². The SMILES string of the molecule is CCc1noc2ncc(S(=O)(=O)N3CCC(N)C(C)(C)C3)cc12.Cl. The van der Waals surface area contributed by atoms with Gasteiger partial charge in [-0.2, -0.15) is 4.31 Å². The van der Waals surface area contributed by atoms with Crippen molar-refractivity contribution >= 4 is 33.5 Å². The third-order valence-electron chi connectivity index (χ3n) is 4.63. The van der Waals surface area contributed by atoms with Gasteiger partial charge in [-0.1, -0.05) is 25.9 Å². The van der Waals surface area contributed by atoms with Gasteiger partial charge in [0.05, 0.1) is 17.3 Å². The summed E-state index contributed by atoms with van der Waals surface area (Å²) in [5, 5.41) is 4.57. The van der Waals surface area contributed by atoms with Crippen LogP contribution in [0.3, 0.4) is 0 Å². The first kappa shape index (κ1) is 19.1. The molecule has 0 amide bonds. The van der Waals surface area contributed by atoms with E-state index >= 15 is 0 Å². The van der Waals surface area contributed by atoms with Gasteiger partial charge in [0.2, 0.25) is 10.0 Å². The van der Waals surface area contributed by atoms with E-state index in [1.807, 2.05) is 20.8 Å². The van der Waals surface area contributed by atoms with Gasteiger partial charge in [-0.25, -0.2) is 13.4 Å². The molecule has 0 bridgehead atoms. The number of rotatable bonds is 3. The van der Waals surface area contributed by atoms with Crippen molar-refractivity contribution in [3.8, 4) is 0 Å². The zero-order chi connectivity index (χ0) is 16.8. The average Bonchev–Trinajstić information content (AvgIpc) is 2.92. The van der Waals surface area contributed by atoms with Gasteiger partial charge in [0.25, 0.3) is 5.71 Å². The minimum Gasteiger partial charge on any atom is -0.336 e. The van der Waals surface area contributed by atoms with Crippen molar-refractivity contribution in [3.05, 3.63) is 18.0 Å². The summed E-state index contributed by atoms with van der Waals surface area (Å²) in [5.41, 5.74) is 6.92. The Morgan fingerprint density at radius 2 is 2.17 bits per heavy atom. The molecule has 24 heavy (non-hydrogen) atoms. The van der Waals surface area contributed by atoms with Crippen LogP contribution in [0.15, 0.2) is 21.7 Å². The van der Waals surface area contributed by atoms with Crippen molar-refractivity contribution in [1.82, 2.24) is 14.4 Å². The summed E-state index contributed by atoms with van der Waals surface area (Å²) in [6, 6.07) is 1.61. The van der Waals surface area contributed by atoms with E-state index in [1.54, 1.807) is 6.07 Å². The summed E-state index contributed by atoms with van der Waals surface area (Å²) in [4.78, 5) is 4.28. The molecule has 0 radical (unpaired) electrons. The van der Waals surface area contributed by atoms with E-state index in [4.69, 9.17) is 10.3 Å². The lowest BCUT2D eigenvalue weighted by Crippen LogP contribution is -2.53. The van der Waals surface area contributed by atoms with Gasteiger partial charge in [0.1, 0.15) is 4.90 Å². The highest BCUT2D eigenvalue weighted by Gasteiger charge is 2.39. The quantitative estimate of drug-likeness (QED) is 0.880. The van der Waals surface area contributed by atoms with E-state index in [-0.39, 0.29) is 28.8 Å². The third-order valence-corrected chi connectivity index (χ3v) is 6.44. The first-order chi connectivity index (χ1) is 10.8. The largest absolute Gasteiger partial charge is 0.336 e. The third kappa shape index (κ3) is 3.15. The summed E-state index contributed by atoms with van der Waals surface area (Å²) in [5.74, 6) is 0. The highest BCUT2D eigenvalue weighted by Crippen LogP contribution is 2.32. The maximum atomic E-state index is 12.9. The molecule has 1 saturated heterocycles. The molecule has 134 valence electrons. The van der Waals surface area contributed by atoms with Crippen molar-refractivity contribution in [2.24, 2.45) is 11.1 Å². The van der Waals surface area contributed by atoms with E-state index < -0.39 is 10.0 Å². The average molecular weight is 375 g/mol. The standard InChI is InChI=1S/C15H22N4O3S.ClH/c1-4-12-11-7-10(8-17-14(11)22-18-12)23(20,21)19-6-5-13(16)15(2,3)9-19;/h7-8,13H,4-6,9,16H2,1-3H3;1H. The molecule has 1 fully saturated rings. The number of sulfonamides is 1. The number of aryl methyl sites for hydroxylation is 1. The van der Waals surface area contributed by atoms with Gasteiger partial charge in [0.15, 0.2) is 0 Å². The molecule has 0 aromatic carbocycles. The highest BCUT2D eigenvalue weighted by molar-refractivity contribution is 7.89. The Labute approximate surface area is 148 Å². The number of hydrogen-bond acceptors (Lipinski definition) is 6. The van der Waals surface area contributed by atoms with E-state index in [2.05, 4.69) is 10.1 Å². The molecule has 2 N–H and O–H groups in total. The number of pyridine rings is 1. The molecule has 1 unspecified atom stereocenters. The van der Waals surface area contributed by atoms with Crippen molar-refractivity contribution < 1.29 is 12.9 Å². The fourth-order valence-electron chi connectivity index (χ4n) is 2.93. The Kier molecular flexibility index (Phi) is 5.25. The van der Waals surface area contributed by atoms with Crippen molar-refractivity contribution in [3.63, 3.8) is 0 Å². The molecule has 0 saturated carbocycles. The first-order valence-corrected chi connectivity index (χ1v) is 9.20. The minimum absolute atomic E-state index is 0. The summed E-state index contributed by atoms with van der Waals surface area (Å²) < 4.78 is 32.5. The van der Waals surface area contributed by atoms with E-state index in [0.717, 1.165) is 0 Å². The minimum atomic E-state index is -3.61. The number of nitrogens with two attached hydrogens (primary N) is 1. The Bertz CT molecular complexity index is 834. The molecule has 0 spiro atoms. The second-order valence-electron chi connectivity index (χ2n) is 6.73. The number of hydrogen-bond donors (Lipinski definition) is 1. The first-order valence-electron chi connectivity index (χ1n) is 7.76. The summed E-state index contributed by atoms with van der Waals surface area (Å²) in [6.07, 6.45) is 2.64. The lowest BCUT2D eigenvalue weighted by atomic mass is 9.81. The van der Waals surface area contributed by atoms with Crippen LogP contribution >= 0.6 is 12.4 Å². The second-order valence-corrected chi connectivity index (χ2v) is 8.67. The van der Waals surface area contributed by atoms with Crippen LogP contribution in [0.1, 0.15) is 32.9 Å². The van der Waals surface area contributed by atoms with Crippen LogP contribution in [0.4, 0.5) is 0 Å². The van der Waals surface area contributed by atoms with Gasteiger partial charge in [0, 0.05) is 19.1 Å². The molecule has 2 aromatic rings. The van der Waals surface area contributed by atoms with Gasteiger partial charge >= 0.3 is 0 Å². The fraction of sp³-hybridized carbons (Fsp3) is 0.600. The molecule has 0 aliphatic carbocycles. The number of halogens is 1. The van der Waals surface area contributed by atoms with Crippen molar-refractivity contribution in [1.29, 1.82) is 0 Å². The molecule has 3 heterocycles.